The second-order valence-corrected chi connectivity index (χ2v) is 8.58. The van der Waals surface area contributed by atoms with Crippen LogP contribution in [0.2, 0.25) is 0 Å². The van der Waals surface area contributed by atoms with Gasteiger partial charge in [-0.05, 0) is 61.6 Å². The Morgan fingerprint density at radius 1 is 1.09 bits per heavy atom. The van der Waals surface area contributed by atoms with Gasteiger partial charge in [-0.3, -0.25) is 4.79 Å². The van der Waals surface area contributed by atoms with Crippen LogP contribution in [0.15, 0.2) is 48.5 Å². The van der Waals surface area contributed by atoms with Crippen molar-refractivity contribution in [3.05, 3.63) is 54.1 Å². The van der Waals surface area contributed by atoms with Crippen molar-refractivity contribution in [3.8, 4) is 5.75 Å². The standard InChI is InChI=1S/C24H26F3N5O2/c1-32(2)21-19-5-3-4-6-20(19)30-23(31-21)29-17-10-7-15(13-17)14-28-22(33)16-8-11-18(12-9-16)34-24(25,26)27/h3-6,8-9,11-12,15,17H,7,10,13-14H2,1-2H3,(H,28,33)(H,29,30,31)/t15-,17+/m1/s1. The van der Waals surface area contributed by atoms with E-state index >= 15 is 0 Å². The molecule has 0 aliphatic heterocycles. The van der Waals surface area contributed by atoms with Crippen molar-refractivity contribution in [1.82, 2.24) is 15.3 Å². The van der Waals surface area contributed by atoms with Gasteiger partial charge in [0.15, 0.2) is 0 Å². The van der Waals surface area contributed by atoms with Crippen molar-refractivity contribution >= 4 is 28.6 Å². The summed E-state index contributed by atoms with van der Waals surface area (Å²) in [4.78, 5) is 23.7. The predicted octanol–water partition coefficient (Wildman–Crippen LogP) is 4.61. The van der Waals surface area contributed by atoms with Crippen LogP contribution >= 0.6 is 0 Å². The number of benzene rings is 2. The molecule has 3 aromatic rings. The van der Waals surface area contributed by atoms with Crippen LogP contribution in [0.1, 0.15) is 29.6 Å². The highest BCUT2D eigenvalue weighted by Crippen LogP contribution is 2.29. The molecule has 1 heterocycles. The van der Waals surface area contributed by atoms with Gasteiger partial charge in [-0.2, -0.15) is 4.98 Å². The molecule has 7 nitrogen and oxygen atoms in total. The minimum Gasteiger partial charge on any atom is -0.406 e. The third-order valence-corrected chi connectivity index (χ3v) is 5.78. The monoisotopic (exact) mass is 473 g/mol. The SMILES string of the molecule is CN(C)c1nc(N[C@H]2CC[C@@H](CNC(=O)c3ccc(OC(F)(F)F)cc3)C2)nc2ccccc12. The first kappa shape index (κ1) is 23.6. The molecule has 0 unspecified atom stereocenters. The van der Waals surface area contributed by atoms with E-state index in [-0.39, 0.29) is 29.2 Å². The Balaban J connectivity index is 1.31. The summed E-state index contributed by atoms with van der Waals surface area (Å²) in [6, 6.07) is 13.0. The number of nitrogens with zero attached hydrogens (tertiary/aromatic N) is 3. The molecule has 2 aromatic carbocycles. The number of hydrogen-bond donors (Lipinski definition) is 2. The Kier molecular flexibility index (Phi) is 6.76. The van der Waals surface area contributed by atoms with Crippen LogP contribution in [-0.4, -0.2) is 48.9 Å². The number of rotatable bonds is 7. The Morgan fingerprint density at radius 2 is 1.82 bits per heavy atom. The van der Waals surface area contributed by atoms with E-state index in [2.05, 4.69) is 25.3 Å². The number of para-hydroxylation sites is 1. The molecular formula is C24H26F3N5O2. The highest BCUT2D eigenvalue weighted by Gasteiger charge is 2.31. The van der Waals surface area contributed by atoms with Gasteiger partial charge in [-0.15, -0.1) is 13.2 Å². The third-order valence-electron chi connectivity index (χ3n) is 5.78. The molecule has 4 rings (SSSR count). The molecule has 2 atom stereocenters. The lowest BCUT2D eigenvalue weighted by Gasteiger charge is -2.18. The molecule has 0 spiro atoms. The van der Waals surface area contributed by atoms with Gasteiger partial charge in [0.25, 0.3) is 5.91 Å². The van der Waals surface area contributed by atoms with Gasteiger partial charge in [0.2, 0.25) is 5.95 Å². The number of carbonyl (C=O) groups excluding carboxylic acids is 1. The van der Waals surface area contributed by atoms with E-state index in [0.29, 0.717) is 12.5 Å². The molecule has 34 heavy (non-hydrogen) atoms. The molecule has 10 heteroatoms. The molecule has 0 saturated heterocycles. The number of aromatic nitrogens is 2. The molecule has 1 aliphatic carbocycles. The summed E-state index contributed by atoms with van der Waals surface area (Å²) in [5.74, 6) is 1.02. The molecular weight excluding hydrogens is 447 g/mol. The van der Waals surface area contributed by atoms with Gasteiger partial charge in [0.05, 0.1) is 5.52 Å². The lowest BCUT2D eigenvalue weighted by atomic mass is 10.1. The van der Waals surface area contributed by atoms with E-state index in [0.717, 1.165) is 48.1 Å². The summed E-state index contributed by atoms with van der Waals surface area (Å²) in [7, 11) is 3.90. The first-order chi connectivity index (χ1) is 16.2. The number of ether oxygens (including phenoxy) is 1. The number of anilines is 2. The number of carbonyl (C=O) groups is 1. The largest absolute Gasteiger partial charge is 0.573 e. The highest BCUT2D eigenvalue weighted by atomic mass is 19.4. The average Bonchev–Trinajstić information content (AvgIpc) is 3.23. The van der Waals surface area contributed by atoms with Gasteiger partial charge < -0.3 is 20.3 Å². The fraction of sp³-hybridized carbons (Fsp3) is 0.375. The van der Waals surface area contributed by atoms with Gasteiger partial charge in [0.1, 0.15) is 11.6 Å². The molecule has 1 fully saturated rings. The molecule has 1 aliphatic rings. The minimum atomic E-state index is -4.76. The predicted molar refractivity (Wildman–Crippen MR) is 124 cm³/mol. The molecule has 0 radical (unpaired) electrons. The number of nitrogens with one attached hydrogen (secondary N) is 2. The first-order valence-electron chi connectivity index (χ1n) is 11.0. The Labute approximate surface area is 195 Å². The van der Waals surface area contributed by atoms with Crippen LogP contribution in [-0.2, 0) is 0 Å². The van der Waals surface area contributed by atoms with Crippen LogP contribution < -0.4 is 20.3 Å². The van der Waals surface area contributed by atoms with Gasteiger partial charge in [-0.25, -0.2) is 4.98 Å². The number of alkyl halides is 3. The summed E-state index contributed by atoms with van der Waals surface area (Å²) >= 11 is 0. The van der Waals surface area contributed by atoms with Crippen molar-refractivity contribution in [2.45, 2.75) is 31.7 Å². The lowest BCUT2D eigenvalue weighted by Crippen LogP contribution is -2.29. The number of fused-ring (bicyclic) bond motifs is 1. The van der Waals surface area contributed by atoms with Crippen molar-refractivity contribution in [1.29, 1.82) is 0 Å². The first-order valence-corrected chi connectivity index (χ1v) is 11.0. The van der Waals surface area contributed by atoms with E-state index in [1.165, 1.54) is 12.1 Å². The molecule has 2 N–H and O–H groups in total. The topological polar surface area (TPSA) is 79.4 Å². The van der Waals surface area contributed by atoms with Crippen molar-refractivity contribution < 1.29 is 22.7 Å². The zero-order chi connectivity index (χ0) is 24.3. The van der Waals surface area contributed by atoms with Gasteiger partial charge in [-0.1, -0.05) is 12.1 Å². The van der Waals surface area contributed by atoms with Gasteiger partial charge in [0, 0.05) is 37.6 Å². The Morgan fingerprint density at radius 3 is 2.53 bits per heavy atom. The third kappa shape index (κ3) is 5.86. The van der Waals surface area contributed by atoms with Crippen molar-refractivity contribution in [3.63, 3.8) is 0 Å². The maximum atomic E-state index is 12.4. The average molecular weight is 473 g/mol. The zero-order valence-electron chi connectivity index (χ0n) is 18.9. The van der Waals surface area contributed by atoms with E-state index in [4.69, 9.17) is 0 Å². The van der Waals surface area contributed by atoms with Crippen LogP contribution in [0.5, 0.6) is 5.75 Å². The van der Waals surface area contributed by atoms with Gasteiger partial charge >= 0.3 is 6.36 Å². The summed E-state index contributed by atoms with van der Waals surface area (Å²) < 4.78 is 40.6. The van der Waals surface area contributed by atoms with Crippen LogP contribution in [0.25, 0.3) is 10.9 Å². The minimum absolute atomic E-state index is 0.192. The lowest BCUT2D eigenvalue weighted by molar-refractivity contribution is -0.274. The molecule has 1 aromatic heterocycles. The maximum absolute atomic E-state index is 12.4. The second-order valence-electron chi connectivity index (χ2n) is 8.58. The summed E-state index contributed by atoms with van der Waals surface area (Å²) in [6.45, 7) is 0.485. The number of hydrogen-bond acceptors (Lipinski definition) is 6. The number of halogens is 3. The quantitative estimate of drug-likeness (QED) is 0.522. The molecule has 0 bridgehead atoms. The fourth-order valence-corrected chi connectivity index (χ4v) is 4.19. The second kappa shape index (κ2) is 9.74. The van der Waals surface area contributed by atoms with Crippen LogP contribution in [0.3, 0.4) is 0 Å². The fourth-order valence-electron chi connectivity index (χ4n) is 4.19. The summed E-state index contributed by atoms with van der Waals surface area (Å²) in [5.41, 5.74) is 1.15. The van der Waals surface area contributed by atoms with Crippen LogP contribution in [0.4, 0.5) is 24.9 Å². The normalized spacial score (nSPS) is 18.0. The summed E-state index contributed by atoms with van der Waals surface area (Å²) in [5, 5.41) is 7.30. The molecule has 180 valence electrons. The highest BCUT2D eigenvalue weighted by molar-refractivity contribution is 5.94. The molecule has 1 saturated carbocycles. The molecule has 1 amide bonds. The van der Waals surface area contributed by atoms with Crippen LogP contribution in [0, 0.1) is 5.92 Å². The van der Waals surface area contributed by atoms with Crippen molar-refractivity contribution in [2.75, 3.05) is 30.9 Å². The summed E-state index contributed by atoms with van der Waals surface area (Å²) in [6.07, 6.45) is -2.04. The smallest absolute Gasteiger partial charge is 0.406 e. The Hall–Kier alpha value is -3.56. The van der Waals surface area contributed by atoms with E-state index in [1.54, 1.807) is 0 Å². The maximum Gasteiger partial charge on any atom is 0.573 e. The zero-order valence-corrected chi connectivity index (χ0v) is 18.9. The van der Waals surface area contributed by atoms with Crippen molar-refractivity contribution in [2.24, 2.45) is 5.92 Å². The van der Waals surface area contributed by atoms with E-state index in [9.17, 15) is 18.0 Å². The van der Waals surface area contributed by atoms with E-state index < -0.39 is 6.36 Å². The van der Waals surface area contributed by atoms with E-state index in [1.807, 2.05) is 43.3 Å². The number of amides is 1. The Bertz CT molecular complexity index is 1150.